The lowest BCUT2D eigenvalue weighted by molar-refractivity contribution is -0.384. The maximum atomic E-state index is 13.3. The van der Waals surface area contributed by atoms with E-state index in [2.05, 4.69) is 5.32 Å². The molecule has 2 aromatic rings. The van der Waals surface area contributed by atoms with Gasteiger partial charge >= 0.3 is 6.03 Å². The van der Waals surface area contributed by atoms with Crippen LogP contribution in [0.3, 0.4) is 0 Å². The molecule has 7 nitrogen and oxygen atoms in total. The number of aryl methyl sites for hydroxylation is 1. The number of amides is 3. The van der Waals surface area contributed by atoms with Crippen molar-refractivity contribution in [1.29, 1.82) is 0 Å². The lowest BCUT2D eigenvalue weighted by atomic mass is 9.84. The Morgan fingerprint density at radius 1 is 1.11 bits per heavy atom. The van der Waals surface area contributed by atoms with Crippen molar-refractivity contribution >= 4 is 17.6 Å². The molecular formula is C20H19N3O4. The number of non-ortho nitro benzene ring substituents is 1. The zero-order chi connectivity index (χ0) is 19.0. The van der Waals surface area contributed by atoms with Crippen LogP contribution >= 0.6 is 0 Å². The van der Waals surface area contributed by atoms with E-state index in [0.717, 1.165) is 30.4 Å². The van der Waals surface area contributed by atoms with Gasteiger partial charge in [-0.25, -0.2) is 4.79 Å². The molecule has 138 valence electrons. The van der Waals surface area contributed by atoms with Crippen LogP contribution in [-0.4, -0.2) is 21.8 Å². The molecule has 0 aromatic heterocycles. The Bertz CT molecular complexity index is 942. The Labute approximate surface area is 156 Å². The summed E-state index contributed by atoms with van der Waals surface area (Å²) in [4.78, 5) is 37.7. The minimum Gasteiger partial charge on any atom is -0.319 e. The lowest BCUT2D eigenvalue weighted by Gasteiger charge is -2.27. The highest BCUT2D eigenvalue weighted by molar-refractivity contribution is 6.07. The molecule has 0 bridgehead atoms. The highest BCUT2D eigenvalue weighted by Crippen LogP contribution is 2.39. The molecule has 2 aliphatic rings. The number of nitrogens with one attached hydrogen (secondary N) is 1. The molecule has 4 rings (SSSR count). The highest BCUT2D eigenvalue weighted by atomic mass is 16.6. The van der Waals surface area contributed by atoms with Crippen molar-refractivity contribution in [1.82, 2.24) is 10.2 Å². The van der Waals surface area contributed by atoms with Gasteiger partial charge in [-0.3, -0.25) is 19.8 Å². The molecule has 1 N–H and O–H groups in total. The van der Waals surface area contributed by atoms with Crippen molar-refractivity contribution in [2.45, 2.75) is 37.8 Å². The van der Waals surface area contributed by atoms with Gasteiger partial charge < -0.3 is 5.32 Å². The van der Waals surface area contributed by atoms with Crippen LogP contribution in [0.1, 0.15) is 36.0 Å². The van der Waals surface area contributed by atoms with Gasteiger partial charge in [0.05, 0.1) is 11.5 Å². The summed E-state index contributed by atoms with van der Waals surface area (Å²) in [5.74, 6) is -0.284. The summed E-state index contributed by atoms with van der Waals surface area (Å²) in [5, 5.41) is 13.9. The van der Waals surface area contributed by atoms with Gasteiger partial charge in [0.25, 0.3) is 11.6 Å². The van der Waals surface area contributed by atoms with Gasteiger partial charge in [0.2, 0.25) is 0 Å². The first-order chi connectivity index (χ1) is 13.0. The fourth-order valence-corrected chi connectivity index (χ4v) is 4.07. The predicted octanol–water partition coefficient (Wildman–Crippen LogP) is 3.27. The van der Waals surface area contributed by atoms with Crippen molar-refractivity contribution in [3.05, 3.63) is 75.3 Å². The zero-order valence-electron chi connectivity index (χ0n) is 14.7. The van der Waals surface area contributed by atoms with Crippen LogP contribution in [0.2, 0.25) is 0 Å². The molecular weight excluding hydrogens is 346 g/mol. The first-order valence-electron chi connectivity index (χ1n) is 8.97. The topological polar surface area (TPSA) is 92.6 Å². The van der Waals surface area contributed by atoms with Crippen molar-refractivity contribution in [3.63, 3.8) is 0 Å². The number of fused-ring (bicyclic) bond motifs is 2. The molecule has 1 aliphatic heterocycles. The summed E-state index contributed by atoms with van der Waals surface area (Å²) in [6.07, 6.45) is 3.24. The fraction of sp³-hybridized carbons (Fsp3) is 0.300. The van der Waals surface area contributed by atoms with E-state index in [1.165, 1.54) is 17.0 Å². The summed E-state index contributed by atoms with van der Waals surface area (Å²) in [7, 11) is 0. The van der Waals surface area contributed by atoms with Crippen LogP contribution in [0, 0.1) is 10.1 Å². The van der Waals surface area contributed by atoms with Gasteiger partial charge in [-0.15, -0.1) is 0 Å². The van der Waals surface area contributed by atoms with Gasteiger partial charge in [-0.05, 0) is 42.4 Å². The minimum atomic E-state index is -1.04. The number of benzene rings is 2. The van der Waals surface area contributed by atoms with Crippen LogP contribution in [-0.2, 0) is 23.3 Å². The predicted molar refractivity (Wildman–Crippen MR) is 97.9 cm³/mol. The molecule has 1 spiro atoms. The second-order valence-electron chi connectivity index (χ2n) is 7.02. The zero-order valence-corrected chi connectivity index (χ0v) is 14.7. The average molecular weight is 365 g/mol. The number of rotatable bonds is 3. The van der Waals surface area contributed by atoms with Crippen LogP contribution in [0.25, 0.3) is 0 Å². The maximum Gasteiger partial charge on any atom is 0.325 e. The molecule has 1 atom stereocenters. The third kappa shape index (κ3) is 2.85. The van der Waals surface area contributed by atoms with Crippen molar-refractivity contribution < 1.29 is 14.5 Å². The number of nitro benzene ring substituents is 1. The van der Waals surface area contributed by atoms with Crippen molar-refractivity contribution in [2.75, 3.05) is 0 Å². The Morgan fingerprint density at radius 2 is 1.93 bits per heavy atom. The van der Waals surface area contributed by atoms with E-state index >= 15 is 0 Å². The highest BCUT2D eigenvalue weighted by Gasteiger charge is 2.53. The van der Waals surface area contributed by atoms with Crippen LogP contribution < -0.4 is 5.32 Å². The molecule has 7 heteroatoms. The minimum absolute atomic E-state index is 0.0102. The number of hydrogen-bond donors (Lipinski definition) is 1. The second-order valence-corrected chi connectivity index (χ2v) is 7.02. The molecule has 0 saturated carbocycles. The number of nitro groups is 1. The average Bonchev–Trinajstić information content (AvgIpc) is 2.81. The summed E-state index contributed by atoms with van der Waals surface area (Å²) in [6.45, 7) is 0.0102. The quantitative estimate of drug-likeness (QED) is 0.513. The Balaban J connectivity index is 1.69. The van der Waals surface area contributed by atoms with E-state index in [-0.39, 0.29) is 18.1 Å². The Kier molecular flexibility index (Phi) is 4.14. The number of urea groups is 1. The van der Waals surface area contributed by atoms with Gasteiger partial charge in [-0.1, -0.05) is 36.4 Å². The summed E-state index contributed by atoms with van der Waals surface area (Å²) in [5.41, 5.74) is 1.40. The molecule has 0 radical (unpaired) electrons. The summed E-state index contributed by atoms with van der Waals surface area (Å²) < 4.78 is 0. The Morgan fingerprint density at radius 3 is 2.74 bits per heavy atom. The van der Waals surface area contributed by atoms with E-state index in [1.54, 1.807) is 12.1 Å². The first kappa shape index (κ1) is 17.2. The van der Waals surface area contributed by atoms with Gasteiger partial charge in [0.15, 0.2) is 0 Å². The smallest absolute Gasteiger partial charge is 0.319 e. The number of carbonyl (C=O) groups is 2. The van der Waals surface area contributed by atoms with Crippen LogP contribution in [0.15, 0.2) is 48.5 Å². The number of nitrogens with zero attached hydrogens (tertiary/aromatic N) is 2. The molecule has 1 aliphatic carbocycles. The third-order valence-corrected chi connectivity index (χ3v) is 5.36. The molecule has 27 heavy (non-hydrogen) atoms. The van der Waals surface area contributed by atoms with Crippen molar-refractivity contribution in [2.24, 2.45) is 0 Å². The van der Waals surface area contributed by atoms with E-state index in [1.807, 2.05) is 24.3 Å². The van der Waals surface area contributed by atoms with E-state index in [4.69, 9.17) is 0 Å². The first-order valence-corrected chi connectivity index (χ1v) is 8.97. The molecule has 1 fully saturated rings. The van der Waals surface area contributed by atoms with E-state index in [0.29, 0.717) is 12.0 Å². The fourth-order valence-electron chi connectivity index (χ4n) is 4.07. The lowest BCUT2D eigenvalue weighted by Crippen LogP contribution is -2.44. The second kappa shape index (κ2) is 6.50. The number of imide groups is 1. The molecule has 3 amide bonds. The SMILES string of the molecule is O=C1N[C@@]2(CCCCc3ccccc32)C(=O)N1Cc1cccc([N+](=O)[O-])c1. The molecule has 0 unspecified atom stereocenters. The number of hydrogen-bond acceptors (Lipinski definition) is 4. The van der Waals surface area contributed by atoms with E-state index < -0.39 is 16.5 Å². The van der Waals surface area contributed by atoms with Gasteiger partial charge in [-0.2, -0.15) is 0 Å². The largest absolute Gasteiger partial charge is 0.325 e. The molecule has 1 saturated heterocycles. The summed E-state index contributed by atoms with van der Waals surface area (Å²) in [6, 6.07) is 13.3. The third-order valence-electron chi connectivity index (χ3n) is 5.36. The van der Waals surface area contributed by atoms with Gasteiger partial charge in [0, 0.05) is 12.1 Å². The molecule has 2 aromatic carbocycles. The van der Waals surface area contributed by atoms with Crippen LogP contribution in [0.5, 0.6) is 0 Å². The van der Waals surface area contributed by atoms with E-state index in [9.17, 15) is 19.7 Å². The Hall–Kier alpha value is -3.22. The van der Waals surface area contributed by atoms with Gasteiger partial charge in [0.1, 0.15) is 5.54 Å². The summed E-state index contributed by atoms with van der Waals surface area (Å²) >= 11 is 0. The monoisotopic (exact) mass is 365 g/mol. The van der Waals surface area contributed by atoms with Crippen molar-refractivity contribution in [3.8, 4) is 0 Å². The maximum absolute atomic E-state index is 13.3. The molecule has 1 heterocycles. The normalized spacial score (nSPS) is 21.7. The standard InChI is InChI=1S/C20H19N3O4/c24-18-20(11-4-3-8-15-7-1-2-10-17(15)20)21-19(25)22(18)13-14-6-5-9-16(12-14)23(26)27/h1-2,5-7,9-10,12H,3-4,8,11,13H2,(H,21,25)/t20-/m1/s1. The number of carbonyl (C=O) groups excluding carboxylic acids is 2. The van der Waals surface area contributed by atoms with Crippen LogP contribution in [0.4, 0.5) is 10.5 Å².